The van der Waals surface area contributed by atoms with Crippen molar-refractivity contribution in [1.29, 1.82) is 0 Å². The lowest BCUT2D eigenvalue weighted by molar-refractivity contribution is 0.282. The van der Waals surface area contributed by atoms with Gasteiger partial charge in [0.25, 0.3) is 0 Å². The van der Waals surface area contributed by atoms with E-state index in [1.165, 1.54) is 58.4 Å². The Morgan fingerprint density at radius 1 is 1.00 bits per heavy atom. The number of nitrogens with one attached hydrogen (secondary N) is 1. The predicted octanol–water partition coefficient (Wildman–Crippen LogP) is 10.0. The van der Waals surface area contributed by atoms with Crippen LogP contribution >= 0.6 is 11.8 Å². The molecule has 1 N–H and O–H groups in total. The average Bonchev–Trinajstić information content (AvgIpc) is 3.16. The van der Waals surface area contributed by atoms with E-state index in [-0.39, 0.29) is 5.83 Å². The molecule has 0 amide bonds. The molecule has 0 atom stereocenters. The predicted molar refractivity (Wildman–Crippen MR) is 196 cm³/mol. The number of para-hydroxylation sites is 1. The molecule has 3 aromatic rings. The number of fused-ring (bicyclic) bond motifs is 1. The van der Waals surface area contributed by atoms with Crippen LogP contribution in [0.5, 0.6) is 0 Å². The van der Waals surface area contributed by atoms with Gasteiger partial charge in [0.05, 0.1) is 5.52 Å². The van der Waals surface area contributed by atoms with Gasteiger partial charge in [-0.15, -0.1) is 11.8 Å². The van der Waals surface area contributed by atoms with E-state index in [4.69, 9.17) is 0 Å². The lowest BCUT2D eigenvalue weighted by Crippen LogP contribution is -2.27. The molecule has 6 heteroatoms. The highest BCUT2D eigenvalue weighted by molar-refractivity contribution is 7.98. The monoisotopic (exact) mass is 636 g/mol. The third kappa shape index (κ3) is 8.45. The van der Waals surface area contributed by atoms with Gasteiger partial charge in [-0.3, -0.25) is 0 Å². The largest absolute Gasteiger partial charge is 0.362 e. The summed E-state index contributed by atoms with van der Waals surface area (Å²) in [5.41, 5.74) is 8.44. The second kappa shape index (κ2) is 15.9. The summed E-state index contributed by atoms with van der Waals surface area (Å²) in [6.45, 7) is 8.57. The van der Waals surface area contributed by atoms with Crippen molar-refractivity contribution in [2.24, 2.45) is 11.8 Å². The maximum atomic E-state index is 14.4. The Bertz CT molecular complexity index is 1670. The standard InChI is InChI=1S/C29H36FNS.C11H13N3/c1-20-7-9-23(10-8-20)19-31-16-15-26-21(2)28(17-22-11-13-25(32-3)14-12-22)27-6-4-5-24(30)18-29(26)27;1-8-12-10-7-5-4-6-9(10)11(13-8)14(2)3/h4-5,11-14,17-18,20,23,31H,6-10,15-16,19H2,1-3H3;4-7H,1-3H3/b28-17+;. The fraction of sp³-hybridized carbons (Fsp3) is 0.400. The zero-order valence-electron chi connectivity index (χ0n) is 28.4. The fourth-order valence-corrected chi connectivity index (χ4v) is 7.15. The lowest BCUT2D eigenvalue weighted by Gasteiger charge is -2.26. The van der Waals surface area contributed by atoms with Crippen LogP contribution in [0.25, 0.3) is 17.0 Å². The molecule has 4 nitrogen and oxygen atoms in total. The average molecular weight is 637 g/mol. The second-order valence-corrected chi connectivity index (χ2v) is 13.9. The first-order chi connectivity index (χ1) is 22.2. The van der Waals surface area contributed by atoms with Gasteiger partial charge in [-0.25, -0.2) is 14.4 Å². The molecule has 0 saturated heterocycles. The number of anilines is 1. The molecule has 0 spiro atoms. The van der Waals surface area contributed by atoms with Gasteiger partial charge in [0.1, 0.15) is 17.5 Å². The number of halogens is 1. The number of benzene rings is 2. The first-order valence-electron chi connectivity index (χ1n) is 16.7. The summed E-state index contributed by atoms with van der Waals surface area (Å²) in [5.74, 6) is 3.37. The Morgan fingerprint density at radius 3 is 2.46 bits per heavy atom. The highest BCUT2D eigenvalue weighted by Gasteiger charge is 2.26. The van der Waals surface area contributed by atoms with Gasteiger partial charge in [0.15, 0.2) is 0 Å². The quantitative estimate of drug-likeness (QED) is 0.197. The molecule has 0 bridgehead atoms. The minimum absolute atomic E-state index is 0.143. The molecule has 6 rings (SSSR count). The number of nitrogens with zero attached hydrogens (tertiary/aromatic N) is 3. The molecule has 0 unspecified atom stereocenters. The van der Waals surface area contributed by atoms with Crippen LogP contribution < -0.4 is 10.2 Å². The summed E-state index contributed by atoms with van der Waals surface area (Å²) in [4.78, 5) is 12.1. The van der Waals surface area contributed by atoms with Gasteiger partial charge in [-0.1, -0.05) is 50.1 Å². The van der Waals surface area contributed by atoms with Crippen molar-refractivity contribution in [3.8, 4) is 0 Å². The van der Waals surface area contributed by atoms with E-state index >= 15 is 0 Å². The van der Waals surface area contributed by atoms with E-state index in [2.05, 4.69) is 65.7 Å². The zero-order chi connectivity index (χ0) is 32.6. The molecular formula is C40H49FN4S. The number of aryl methyl sites for hydroxylation is 1. The highest BCUT2D eigenvalue weighted by atomic mass is 32.2. The maximum Gasteiger partial charge on any atom is 0.139 e. The first-order valence-corrected chi connectivity index (χ1v) is 17.9. The van der Waals surface area contributed by atoms with Gasteiger partial charge in [-0.05, 0) is 147 Å². The van der Waals surface area contributed by atoms with Crippen LogP contribution in [0.3, 0.4) is 0 Å². The normalized spacial score (nSPS) is 20.4. The van der Waals surface area contributed by atoms with E-state index < -0.39 is 0 Å². The molecule has 3 aliphatic carbocycles. The molecule has 46 heavy (non-hydrogen) atoms. The molecule has 242 valence electrons. The van der Waals surface area contributed by atoms with Crippen molar-refractivity contribution in [3.63, 3.8) is 0 Å². The van der Waals surface area contributed by atoms with Crippen molar-refractivity contribution in [3.05, 3.63) is 112 Å². The smallest absolute Gasteiger partial charge is 0.139 e. The van der Waals surface area contributed by atoms with E-state index in [1.54, 1.807) is 23.9 Å². The Balaban J connectivity index is 0.000000247. The fourth-order valence-electron chi connectivity index (χ4n) is 6.74. The van der Waals surface area contributed by atoms with Crippen LogP contribution in [0.15, 0.2) is 105 Å². The summed E-state index contributed by atoms with van der Waals surface area (Å²) < 4.78 is 14.4. The summed E-state index contributed by atoms with van der Waals surface area (Å²) in [6, 6.07) is 16.8. The van der Waals surface area contributed by atoms with Gasteiger partial charge >= 0.3 is 0 Å². The summed E-state index contributed by atoms with van der Waals surface area (Å²) in [5, 5.41) is 4.81. The lowest BCUT2D eigenvalue weighted by atomic mass is 9.83. The van der Waals surface area contributed by atoms with Crippen molar-refractivity contribution in [1.82, 2.24) is 15.3 Å². The third-order valence-corrected chi connectivity index (χ3v) is 10.1. The first kappa shape index (κ1) is 33.9. The molecule has 2 aromatic carbocycles. The van der Waals surface area contributed by atoms with Crippen LogP contribution in [0.2, 0.25) is 0 Å². The van der Waals surface area contributed by atoms with E-state index in [0.29, 0.717) is 0 Å². The van der Waals surface area contributed by atoms with Crippen LogP contribution in [0.4, 0.5) is 10.2 Å². The van der Waals surface area contributed by atoms with E-state index in [1.807, 2.05) is 56.3 Å². The van der Waals surface area contributed by atoms with Gasteiger partial charge in [0.2, 0.25) is 0 Å². The summed E-state index contributed by atoms with van der Waals surface area (Å²) in [7, 11) is 3.99. The van der Waals surface area contributed by atoms with Crippen LogP contribution in [0, 0.1) is 18.8 Å². The molecule has 3 aliphatic rings. The molecular weight excluding hydrogens is 588 g/mol. The minimum Gasteiger partial charge on any atom is -0.362 e. The number of hydrogen-bond acceptors (Lipinski definition) is 5. The van der Waals surface area contributed by atoms with Gasteiger partial charge < -0.3 is 10.2 Å². The molecule has 0 aliphatic heterocycles. The summed E-state index contributed by atoms with van der Waals surface area (Å²) in [6.07, 6.45) is 16.9. The number of allylic oxidation sites excluding steroid dienone is 8. The van der Waals surface area contributed by atoms with Gasteiger partial charge in [0, 0.05) is 24.4 Å². The SMILES string of the molecule is CSc1ccc(/C=C2\C(C)=C(CCNCC3CCC(C)CC3)C3=C2CC=CC(F)=C3)cc1.Cc1nc(N(C)C)c2ccccc2n1. The molecule has 1 aromatic heterocycles. The Morgan fingerprint density at radius 2 is 1.74 bits per heavy atom. The second-order valence-electron chi connectivity index (χ2n) is 13.0. The maximum absolute atomic E-state index is 14.4. The van der Waals surface area contributed by atoms with Gasteiger partial charge in [-0.2, -0.15) is 0 Å². The number of hydrogen-bond donors (Lipinski definition) is 1. The van der Waals surface area contributed by atoms with Crippen LogP contribution in [0.1, 0.15) is 63.8 Å². The zero-order valence-corrected chi connectivity index (χ0v) is 29.2. The number of thioether (sulfide) groups is 1. The van der Waals surface area contributed by atoms with Crippen LogP contribution in [-0.2, 0) is 0 Å². The van der Waals surface area contributed by atoms with Crippen LogP contribution in [-0.4, -0.2) is 43.4 Å². The van der Waals surface area contributed by atoms with Crippen molar-refractivity contribution in [2.75, 3.05) is 38.3 Å². The topological polar surface area (TPSA) is 41.1 Å². The number of aromatic nitrogens is 2. The minimum atomic E-state index is -0.143. The summed E-state index contributed by atoms with van der Waals surface area (Å²) >= 11 is 1.76. The van der Waals surface area contributed by atoms with Crippen molar-refractivity contribution >= 4 is 34.6 Å². The highest BCUT2D eigenvalue weighted by Crippen LogP contribution is 2.43. The molecule has 1 heterocycles. The van der Waals surface area contributed by atoms with Crippen molar-refractivity contribution in [2.45, 2.75) is 64.2 Å². The Kier molecular flexibility index (Phi) is 11.7. The Hall–Kier alpha value is -3.48. The van der Waals surface area contributed by atoms with Crippen molar-refractivity contribution < 1.29 is 4.39 Å². The van der Waals surface area contributed by atoms with E-state index in [9.17, 15) is 4.39 Å². The molecule has 1 saturated carbocycles. The number of rotatable bonds is 8. The molecule has 0 radical (unpaired) electrons. The Labute approximate surface area is 279 Å². The molecule has 1 fully saturated rings. The third-order valence-electron chi connectivity index (χ3n) is 9.38. The van der Waals surface area contributed by atoms with E-state index in [0.717, 1.165) is 65.9 Å².